The van der Waals surface area contributed by atoms with Crippen LogP contribution in [0.4, 0.5) is 20.3 Å². The molecule has 0 spiro atoms. The first kappa shape index (κ1) is 11.3. The Morgan fingerprint density at radius 2 is 2.06 bits per heavy atom. The molecule has 17 heavy (non-hydrogen) atoms. The van der Waals surface area contributed by atoms with Crippen molar-refractivity contribution >= 4 is 11.5 Å². The van der Waals surface area contributed by atoms with E-state index in [0.29, 0.717) is 11.5 Å². The fraction of sp³-hybridized carbons (Fsp3) is 0.0833. The van der Waals surface area contributed by atoms with E-state index in [1.807, 2.05) is 0 Å². The zero-order valence-electron chi connectivity index (χ0n) is 8.95. The summed E-state index contributed by atoms with van der Waals surface area (Å²) in [5, 5.41) is 2.90. The quantitative estimate of drug-likeness (QED) is 0.859. The summed E-state index contributed by atoms with van der Waals surface area (Å²) in [5.74, 6) is -0.604. The van der Waals surface area contributed by atoms with Crippen LogP contribution in [0, 0.1) is 11.6 Å². The van der Waals surface area contributed by atoms with Crippen molar-refractivity contribution in [1.82, 2.24) is 4.98 Å². The first-order valence-corrected chi connectivity index (χ1v) is 5.05. The SMILES string of the molecule is Nc1ncccc1NCc1cc(F)ccc1F. The Labute approximate surface area is 97.3 Å². The average molecular weight is 235 g/mol. The molecule has 0 atom stereocenters. The van der Waals surface area contributed by atoms with E-state index in [-0.39, 0.29) is 12.1 Å². The highest BCUT2D eigenvalue weighted by Gasteiger charge is 2.04. The molecule has 0 amide bonds. The summed E-state index contributed by atoms with van der Waals surface area (Å²) >= 11 is 0. The van der Waals surface area contributed by atoms with Gasteiger partial charge in [0.05, 0.1) is 5.69 Å². The number of hydrogen-bond donors (Lipinski definition) is 2. The van der Waals surface area contributed by atoms with Crippen LogP contribution in [0.25, 0.3) is 0 Å². The highest BCUT2D eigenvalue weighted by molar-refractivity contribution is 5.60. The molecule has 0 saturated heterocycles. The number of nitrogens with two attached hydrogens (primary N) is 1. The van der Waals surface area contributed by atoms with Gasteiger partial charge in [0.2, 0.25) is 0 Å². The Kier molecular flexibility index (Phi) is 3.18. The Morgan fingerprint density at radius 1 is 1.24 bits per heavy atom. The van der Waals surface area contributed by atoms with Gasteiger partial charge < -0.3 is 11.1 Å². The number of halogens is 2. The minimum atomic E-state index is -0.470. The first-order valence-electron chi connectivity index (χ1n) is 5.05. The summed E-state index contributed by atoms with van der Waals surface area (Å²) in [6.07, 6.45) is 1.56. The fourth-order valence-electron chi connectivity index (χ4n) is 1.44. The molecule has 2 aromatic rings. The molecule has 3 nitrogen and oxygen atoms in total. The molecule has 0 unspecified atom stereocenters. The van der Waals surface area contributed by atoms with Gasteiger partial charge in [0.1, 0.15) is 17.5 Å². The van der Waals surface area contributed by atoms with Crippen molar-refractivity contribution in [2.45, 2.75) is 6.54 Å². The molecule has 3 N–H and O–H groups in total. The van der Waals surface area contributed by atoms with E-state index in [4.69, 9.17) is 5.73 Å². The summed E-state index contributed by atoms with van der Waals surface area (Å²) in [7, 11) is 0. The molecule has 2 rings (SSSR count). The normalized spacial score (nSPS) is 10.2. The van der Waals surface area contributed by atoms with Crippen LogP contribution >= 0.6 is 0 Å². The lowest BCUT2D eigenvalue weighted by Gasteiger charge is -2.08. The molecule has 0 aliphatic heterocycles. The van der Waals surface area contributed by atoms with Crippen LogP contribution in [-0.2, 0) is 6.54 Å². The molecule has 1 aromatic heterocycles. The van der Waals surface area contributed by atoms with Gasteiger partial charge in [-0.15, -0.1) is 0 Å². The summed E-state index contributed by atoms with van der Waals surface area (Å²) in [5.41, 5.74) is 6.45. The lowest BCUT2D eigenvalue weighted by molar-refractivity contribution is 0.587. The maximum atomic E-state index is 13.3. The fourth-order valence-corrected chi connectivity index (χ4v) is 1.44. The third-order valence-corrected chi connectivity index (χ3v) is 2.32. The Balaban J connectivity index is 2.12. The number of nitrogen functional groups attached to an aromatic ring is 1. The second kappa shape index (κ2) is 4.78. The topological polar surface area (TPSA) is 50.9 Å². The predicted octanol–water partition coefficient (Wildman–Crippen LogP) is 2.55. The minimum Gasteiger partial charge on any atom is -0.382 e. The molecule has 1 heterocycles. The van der Waals surface area contributed by atoms with Crippen LogP contribution in [0.3, 0.4) is 0 Å². The maximum absolute atomic E-state index is 13.3. The van der Waals surface area contributed by atoms with Crippen LogP contribution in [0.15, 0.2) is 36.5 Å². The van der Waals surface area contributed by atoms with E-state index in [1.54, 1.807) is 18.3 Å². The van der Waals surface area contributed by atoms with Gasteiger partial charge in [0.15, 0.2) is 0 Å². The summed E-state index contributed by atoms with van der Waals surface area (Å²) in [6, 6.07) is 6.76. The number of rotatable bonds is 3. The second-order valence-electron chi connectivity index (χ2n) is 3.53. The smallest absolute Gasteiger partial charge is 0.146 e. The van der Waals surface area contributed by atoms with E-state index in [1.165, 1.54) is 0 Å². The van der Waals surface area contributed by atoms with Gasteiger partial charge in [-0.3, -0.25) is 0 Å². The largest absolute Gasteiger partial charge is 0.382 e. The van der Waals surface area contributed by atoms with Crippen molar-refractivity contribution in [3.8, 4) is 0 Å². The van der Waals surface area contributed by atoms with Crippen LogP contribution < -0.4 is 11.1 Å². The molecule has 0 bridgehead atoms. The van der Waals surface area contributed by atoms with E-state index >= 15 is 0 Å². The molecule has 1 aromatic carbocycles. The third-order valence-electron chi connectivity index (χ3n) is 2.32. The van der Waals surface area contributed by atoms with Crippen molar-refractivity contribution in [1.29, 1.82) is 0 Å². The average Bonchev–Trinajstić information content (AvgIpc) is 2.32. The van der Waals surface area contributed by atoms with Crippen molar-refractivity contribution in [2.75, 3.05) is 11.1 Å². The zero-order chi connectivity index (χ0) is 12.3. The molecule has 0 fully saturated rings. The Hall–Kier alpha value is -2.17. The van der Waals surface area contributed by atoms with Gasteiger partial charge in [0, 0.05) is 18.3 Å². The van der Waals surface area contributed by atoms with Crippen LogP contribution in [0.1, 0.15) is 5.56 Å². The maximum Gasteiger partial charge on any atom is 0.146 e. The Bertz CT molecular complexity index is 529. The molecule has 88 valence electrons. The van der Waals surface area contributed by atoms with Gasteiger partial charge in [-0.25, -0.2) is 13.8 Å². The van der Waals surface area contributed by atoms with E-state index < -0.39 is 11.6 Å². The van der Waals surface area contributed by atoms with Gasteiger partial charge in [-0.05, 0) is 30.3 Å². The molecular formula is C12H11F2N3. The number of benzene rings is 1. The van der Waals surface area contributed by atoms with E-state index in [9.17, 15) is 8.78 Å². The zero-order valence-corrected chi connectivity index (χ0v) is 8.95. The molecule has 5 heteroatoms. The lowest BCUT2D eigenvalue weighted by atomic mass is 10.2. The minimum absolute atomic E-state index is 0.152. The van der Waals surface area contributed by atoms with Gasteiger partial charge in [-0.2, -0.15) is 0 Å². The molecular weight excluding hydrogens is 224 g/mol. The van der Waals surface area contributed by atoms with Gasteiger partial charge in [0.25, 0.3) is 0 Å². The van der Waals surface area contributed by atoms with Crippen LogP contribution in [-0.4, -0.2) is 4.98 Å². The van der Waals surface area contributed by atoms with Crippen molar-refractivity contribution in [2.24, 2.45) is 0 Å². The summed E-state index contributed by atoms with van der Waals surface area (Å²) < 4.78 is 26.2. The second-order valence-corrected chi connectivity index (χ2v) is 3.53. The molecule has 0 saturated carbocycles. The number of aromatic nitrogens is 1. The number of anilines is 2. The van der Waals surface area contributed by atoms with Crippen molar-refractivity contribution in [3.63, 3.8) is 0 Å². The number of pyridine rings is 1. The number of nitrogens with zero attached hydrogens (tertiary/aromatic N) is 1. The van der Waals surface area contributed by atoms with Crippen molar-refractivity contribution < 1.29 is 8.78 Å². The van der Waals surface area contributed by atoms with E-state index in [2.05, 4.69) is 10.3 Å². The summed E-state index contributed by atoms with van der Waals surface area (Å²) in [6.45, 7) is 0.152. The van der Waals surface area contributed by atoms with E-state index in [0.717, 1.165) is 18.2 Å². The lowest BCUT2D eigenvalue weighted by Crippen LogP contribution is -2.05. The highest BCUT2D eigenvalue weighted by atomic mass is 19.1. The predicted molar refractivity (Wildman–Crippen MR) is 62.3 cm³/mol. The van der Waals surface area contributed by atoms with Gasteiger partial charge >= 0.3 is 0 Å². The van der Waals surface area contributed by atoms with Crippen LogP contribution in [0.5, 0.6) is 0 Å². The monoisotopic (exact) mass is 235 g/mol. The number of hydrogen-bond acceptors (Lipinski definition) is 3. The third kappa shape index (κ3) is 2.69. The Morgan fingerprint density at radius 3 is 2.82 bits per heavy atom. The van der Waals surface area contributed by atoms with Crippen LogP contribution in [0.2, 0.25) is 0 Å². The standard InChI is InChI=1S/C12H11F2N3/c13-9-3-4-10(14)8(6-9)7-17-11-2-1-5-16-12(11)15/h1-6,17H,7H2,(H2,15,16). The highest BCUT2D eigenvalue weighted by Crippen LogP contribution is 2.16. The molecule has 0 radical (unpaired) electrons. The van der Waals surface area contributed by atoms with Crippen molar-refractivity contribution in [3.05, 3.63) is 53.7 Å². The number of nitrogens with one attached hydrogen (secondary N) is 1. The summed E-state index contributed by atoms with van der Waals surface area (Å²) in [4.78, 5) is 3.88. The van der Waals surface area contributed by atoms with Gasteiger partial charge in [-0.1, -0.05) is 0 Å². The molecule has 0 aliphatic carbocycles. The molecule has 0 aliphatic rings. The first-order chi connectivity index (χ1) is 8.16.